The van der Waals surface area contributed by atoms with Crippen LogP contribution in [0.3, 0.4) is 0 Å². The Morgan fingerprint density at radius 1 is 0.710 bits per heavy atom. The zero-order valence-corrected chi connectivity index (χ0v) is 17.5. The lowest BCUT2D eigenvalue weighted by Crippen LogP contribution is -2.05. The summed E-state index contributed by atoms with van der Waals surface area (Å²) in [7, 11) is 1.39. The van der Waals surface area contributed by atoms with Crippen LogP contribution < -0.4 is 4.74 Å². The molecule has 0 atom stereocenters. The fourth-order valence-electron chi connectivity index (χ4n) is 3.82. The van der Waals surface area contributed by atoms with Crippen molar-refractivity contribution in [2.75, 3.05) is 13.7 Å². The highest BCUT2D eigenvalue weighted by molar-refractivity contribution is 6.21. The van der Waals surface area contributed by atoms with E-state index in [9.17, 15) is 9.59 Å². The maximum absolute atomic E-state index is 13.5. The van der Waals surface area contributed by atoms with Crippen molar-refractivity contribution in [3.63, 3.8) is 0 Å². The molecule has 0 fully saturated rings. The van der Waals surface area contributed by atoms with E-state index in [4.69, 9.17) is 4.74 Å². The largest absolute Gasteiger partial charge is 0.493 e. The smallest absolute Gasteiger partial charge is 0.305 e. The Morgan fingerprint density at radius 2 is 1.39 bits per heavy atom. The Morgan fingerprint density at radius 3 is 2.19 bits per heavy atom. The molecule has 0 bridgehead atoms. The molecule has 0 N–H and O–H groups in total. The highest BCUT2D eigenvalue weighted by Crippen LogP contribution is 2.31. The number of esters is 1. The van der Waals surface area contributed by atoms with Gasteiger partial charge in [-0.1, -0.05) is 66.7 Å². The molecule has 0 spiro atoms. The van der Waals surface area contributed by atoms with E-state index < -0.39 is 0 Å². The summed E-state index contributed by atoms with van der Waals surface area (Å²) in [4.78, 5) is 24.7. The molecule has 31 heavy (non-hydrogen) atoms. The maximum atomic E-state index is 13.5. The lowest BCUT2D eigenvalue weighted by Gasteiger charge is -2.13. The van der Waals surface area contributed by atoms with Crippen LogP contribution in [0.2, 0.25) is 0 Å². The summed E-state index contributed by atoms with van der Waals surface area (Å²) in [5, 5.41) is 3.77. The van der Waals surface area contributed by atoms with Crippen molar-refractivity contribution in [3.8, 4) is 5.75 Å². The van der Waals surface area contributed by atoms with Gasteiger partial charge < -0.3 is 9.47 Å². The van der Waals surface area contributed by atoms with Gasteiger partial charge in [0.25, 0.3) is 0 Å². The van der Waals surface area contributed by atoms with Crippen LogP contribution >= 0.6 is 0 Å². The maximum Gasteiger partial charge on any atom is 0.305 e. The average molecular weight is 412 g/mol. The van der Waals surface area contributed by atoms with Gasteiger partial charge in [-0.3, -0.25) is 9.59 Å². The SMILES string of the molecule is COC(=O)CCCCOc1ccc(C(=O)c2cccc3ccccc23)c2ccccc12. The number of unbranched alkanes of at least 4 members (excludes halogenated alkanes) is 1. The van der Waals surface area contributed by atoms with E-state index in [1.807, 2.05) is 78.9 Å². The lowest BCUT2D eigenvalue weighted by atomic mass is 9.93. The van der Waals surface area contributed by atoms with Crippen LogP contribution in [0.25, 0.3) is 21.5 Å². The fourth-order valence-corrected chi connectivity index (χ4v) is 3.82. The Balaban J connectivity index is 1.61. The van der Waals surface area contributed by atoms with Crippen LogP contribution in [0.1, 0.15) is 35.2 Å². The van der Waals surface area contributed by atoms with E-state index in [1.54, 1.807) is 0 Å². The Labute approximate surface area is 181 Å². The van der Waals surface area contributed by atoms with E-state index in [0.717, 1.165) is 33.7 Å². The highest BCUT2D eigenvalue weighted by Gasteiger charge is 2.17. The molecule has 156 valence electrons. The molecule has 0 radical (unpaired) electrons. The first-order chi connectivity index (χ1) is 15.2. The number of fused-ring (bicyclic) bond motifs is 2. The summed E-state index contributed by atoms with van der Waals surface area (Å²) in [5.41, 5.74) is 1.35. The molecule has 0 aliphatic heterocycles. The molecule has 0 amide bonds. The van der Waals surface area contributed by atoms with Crippen LogP contribution in [0, 0.1) is 0 Å². The molecule has 4 rings (SSSR count). The summed E-state index contributed by atoms with van der Waals surface area (Å²) >= 11 is 0. The van der Waals surface area contributed by atoms with Gasteiger partial charge in [0.05, 0.1) is 13.7 Å². The predicted octanol–water partition coefficient (Wildman–Crippen LogP) is 5.95. The van der Waals surface area contributed by atoms with Crippen LogP contribution in [0.15, 0.2) is 78.9 Å². The van der Waals surface area contributed by atoms with Gasteiger partial charge in [-0.15, -0.1) is 0 Å². The Bertz CT molecular complexity index is 1240. The molecule has 0 heterocycles. The van der Waals surface area contributed by atoms with Crippen molar-refractivity contribution in [1.29, 1.82) is 0 Å². The first-order valence-electron chi connectivity index (χ1n) is 10.4. The van der Waals surface area contributed by atoms with Gasteiger partial charge >= 0.3 is 5.97 Å². The molecule has 0 saturated carbocycles. The number of rotatable bonds is 8. The Hall–Kier alpha value is -3.66. The third kappa shape index (κ3) is 4.43. The van der Waals surface area contributed by atoms with Gasteiger partial charge in [0, 0.05) is 22.9 Å². The van der Waals surface area contributed by atoms with Gasteiger partial charge in [-0.2, -0.15) is 0 Å². The number of methoxy groups -OCH3 is 1. The minimum Gasteiger partial charge on any atom is -0.493 e. The lowest BCUT2D eigenvalue weighted by molar-refractivity contribution is -0.140. The number of carbonyl (C=O) groups excluding carboxylic acids is 2. The molecular weight excluding hydrogens is 388 g/mol. The van der Waals surface area contributed by atoms with Crippen LogP contribution in [-0.2, 0) is 9.53 Å². The summed E-state index contributed by atoms with van der Waals surface area (Å²) in [6.45, 7) is 0.498. The van der Waals surface area contributed by atoms with Crippen molar-refractivity contribution in [1.82, 2.24) is 0 Å². The van der Waals surface area contributed by atoms with Gasteiger partial charge in [-0.25, -0.2) is 0 Å². The summed E-state index contributed by atoms with van der Waals surface area (Å²) < 4.78 is 10.6. The van der Waals surface area contributed by atoms with Crippen LogP contribution in [0.5, 0.6) is 5.75 Å². The van der Waals surface area contributed by atoms with Crippen molar-refractivity contribution in [3.05, 3.63) is 90.0 Å². The van der Waals surface area contributed by atoms with E-state index in [2.05, 4.69) is 4.74 Å². The number of hydrogen-bond acceptors (Lipinski definition) is 4. The number of ketones is 1. The second-order valence-corrected chi connectivity index (χ2v) is 7.39. The van der Waals surface area contributed by atoms with E-state index in [-0.39, 0.29) is 11.8 Å². The third-order valence-electron chi connectivity index (χ3n) is 5.42. The van der Waals surface area contributed by atoms with Crippen LogP contribution in [-0.4, -0.2) is 25.5 Å². The summed E-state index contributed by atoms with van der Waals surface area (Å²) in [5.74, 6) is 0.530. The number of hydrogen-bond donors (Lipinski definition) is 0. The molecule has 4 heteroatoms. The van der Waals surface area contributed by atoms with Gasteiger partial charge in [0.1, 0.15) is 5.75 Å². The zero-order chi connectivity index (χ0) is 21.6. The second-order valence-electron chi connectivity index (χ2n) is 7.39. The van der Waals surface area contributed by atoms with Gasteiger partial charge in [-0.05, 0) is 41.1 Å². The first-order valence-corrected chi connectivity index (χ1v) is 10.4. The summed E-state index contributed by atoms with van der Waals surface area (Å²) in [6.07, 6.45) is 1.85. The van der Waals surface area contributed by atoms with E-state index in [1.165, 1.54) is 7.11 Å². The average Bonchev–Trinajstić information content (AvgIpc) is 2.82. The first kappa shape index (κ1) is 20.6. The quantitative estimate of drug-likeness (QED) is 0.204. The van der Waals surface area contributed by atoms with Crippen LogP contribution in [0.4, 0.5) is 0 Å². The standard InChI is InChI=1S/C27H24O4/c1-30-26(28)15-6-7-18-31-25-17-16-24(21-12-4-5-13-22(21)25)27(29)23-14-8-10-19-9-2-3-11-20(19)23/h2-5,8-14,16-17H,6-7,15,18H2,1H3. The molecule has 4 nitrogen and oxygen atoms in total. The van der Waals surface area contributed by atoms with E-state index in [0.29, 0.717) is 30.6 Å². The number of ether oxygens (including phenoxy) is 2. The molecule has 4 aromatic rings. The fraction of sp³-hybridized carbons (Fsp3) is 0.185. The zero-order valence-electron chi connectivity index (χ0n) is 17.5. The molecule has 0 unspecified atom stereocenters. The van der Waals surface area contributed by atoms with Crippen molar-refractivity contribution < 1.29 is 19.1 Å². The number of benzene rings is 4. The van der Waals surface area contributed by atoms with Gasteiger partial charge in [0.15, 0.2) is 5.78 Å². The molecule has 0 aromatic heterocycles. The monoisotopic (exact) mass is 412 g/mol. The third-order valence-corrected chi connectivity index (χ3v) is 5.42. The molecule has 4 aromatic carbocycles. The highest BCUT2D eigenvalue weighted by atomic mass is 16.5. The normalized spacial score (nSPS) is 10.9. The predicted molar refractivity (Wildman–Crippen MR) is 123 cm³/mol. The van der Waals surface area contributed by atoms with Crippen molar-refractivity contribution in [2.45, 2.75) is 19.3 Å². The van der Waals surface area contributed by atoms with Gasteiger partial charge in [0.2, 0.25) is 0 Å². The van der Waals surface area contributed by atoms with Crippen molar-refractivity contribution in [2.24, 2.45) is 0 Å². The summed E-state index contributed by atoms with van der Waals surface area (Å²) in [6, 6.07) is 25.3. The number of carbonyl (C=O) groups is 2. The van der Waals surface area contributed by atoms with Crippen molar-refractivity contribution >= 4 is 33.3 Å². The molecule has 0 saturated heterocycles. The minimum atomic E-state index is -0.207. The molecule has 0 aliphatic carbocycles. The topological polar surface area (TPSA) is 52.6 Å². The Kier molecular flexibility index (Phi) is 6.27. The van der Waals surface area contributed by atoms with E-state index >= 15 is 0 Å². The second kappa shape index (κ2) is 9.43. The molecular formula is C27H24O4. The molecule has 0 aliphatic rings. The minimum absolute atomic E-state index is 0.00220.